The van der Waals surface area contributed by atoms with Gasteiger partial charge in [0.25, 0.3) is 0 Å². The Morgan fingerprint density at radius 2 is 1.11 bits per heavy atom. The Labute approximate surface area is 141 Å². The molecular weight excluding hydrogens is 315 g/mol. The normalized spacial score (nSPS) is 8.21. The van der Waals surface area contributed by atoms with Crippen molar-refractivity contribution in [2.75, 3.05) is 0 Å². The van der Waals surface area contributed by atoms with Gasteiger partial charge in [-0.05, 0) is 0 Å². The van der Waals surface area contributed by atoms with E-state index in [9.17, 15) is 0 Å². The first-order chi connectivity index (χ1) is 7.69. The molecule has 19 heavy (non-hydrogen) atoms. The molecule has 106 valence electrons. The van der Waals surface area contributed by atoms with E-state index in [-0.39, 0.29) is 42.2 Å². The molecule has 0 spiro atoms. The van der Waals surface area contributed by atoms with Crippen LogP contribution in [0.1, 0.15) is 36.1 Å². The van der Waals surface area contributed by atoms with Crippen LogP contribution < -0.4 is 24.8 Å². The Kier molecular flexibility index (Phi) is 16.1. The molecule has 0 heterocycles. The molecule has 0 aliphatic heterocycles. The van der Waals surface area contributed by atoms with Gasteiger partial charge in [0.05, 0.1) is 0 Å². The van der Waals surface area contributed by atoms with Gasteiger partial charge in [-0.2, -0.15) is 34.4 Å². The molecule has 0 saturated carbocycles. The third-order valence-electron chi connectivity index (χ3n) is 3.06. The Morgan fingerprint density at radius 3 is 1.21 bits per heavy atom. The van der Waals surface area contributed by atoms with Gasteiger partial charge < -0.3 is 24.8 Å². The Balaban J connectivity index is -0.000000233. The fraction of sp³-hybridized carbons (Fsp3) is 0.375. The molecule has 0 saturated heterocycles. The molecule has 0 aromatic heterocycles. The van der Waals surface area contributed by atoms with Crippen LogP contribution in [0, 0.1) is 13.8 Å². The summed E-state index contributed by atoms with van der Waals surface area (Å²) in [7, 11) is 0. The van der Waals surface area contributed by atoms with Crippen LogP contribution in [-0.4, -0.2) is 0 Å². The van der Waals surface area contributed by atoms with Crippen LogP contribution in [0.15, 0.2) is 36.4 Å². The van der Waals surface area contributed by atoms with E-state index in [0.29, 0.717) is 0 Å². The van der Waals surface area contributed by atoms with E-state index in [4.69, 9.17) is 0 Å². The van der Waals surface area contributed by atoms with Crippen molar-refractivity contribution in [1.29, 1.82) is 0 Å². The molecule has 0 unspecified atom stereocenters. The third-order valence-corrected chi connectivity index (χ3v) is 3.06. The minimum absolute atomic E-state index is 0. The van der Waals surface area contributed by atoms with Gasteiger partial charge in [0.1, 0.15) is 0 Å². The number of rotatable bonds is 2. The summed E-state index contributed by atoms with van der Waals surface area (Å²) in [4.78, 5) is 0. The fourth-order valence-corrected chi connectivity index (χ4v) is 1.89. The van der Waals surface area contributed by atoms with E-state index in [1.165, 1.54) is 35.1 Å². The topological polar surface area (TPSA) is 0 Å². The van der Waals surface area contributed by atoms with E-state index in [0.717, 1.165) is 0 Å². The first-order valence-electron chi connectivity index (χ1n) is 6.11. The number of halogens is 2. The predicted molar refractivity (Wildman–Crippen MR) is 72.3 cm³/mol. The zero-order valence-corrected chi connectivity index (χ0v) is 14.8. The van der Waals surface area contributed by atoms with E-state index in [1.54, 1.807) is 0 Å². The molecule has 0 aliphatic carbocycles. The summed E-state index contributed by atoms with van der Waals surface area (Å²) >= 11 is 0. The quantitative estimate of drug-likeness (QED) is 0.589. The maximum Gasteiger partial charge on any atom is 4.00 e. The smallest absolute Gasteiger partial charge is 1.00 e. The average Bonchev–Trinajstić information content (AvgIpc) is 2.87. The van der Waals surface area contributed by atoms with Gasteiger partial charge in [0.2, 0.25) is 0 Å². The van der Waals surface area contributed by atoms with Crippen molar-refractivity contribution >= 4 is 0 Å². The van der Waals surface area contributed by atoms with Crippen LogP contribution in [0.3, 0.4) is 0 Å². The van der Waals surface area contributed by atoms with Crippen molar-refractivity contribution < 1.29 is 42.2 Å². The second-order valence-corrected chi connectivity index (χ2v) is 4.18. The SMILES string of the molecule is CC[c-]1cccc1C.CC[c-]1cccc1C.[Cl-].[Cl-].[Cr+4]. The van der Waals surface area contributed by atoms with Crippen LogP contribution in [-0.2, 0) is 30.2 Å². The molecule has 2 aromatic carbocycles. The molecule has 0 radical (unpaired) electrons. The predicted octanol–water partition coefficient (Wildman–Crippen LogP) is -1.44. The summed E-state index contributed by atoms with van der Waals surface area (Å²) in [5, 5.41) is 0. The van der Waals surface area contributed by atoms with Gasteiger partial charge in [-0.25, -0.2) is 24.3 Å². The Hall–Kier alpha value is -0.188. The Bertz CT molecular complexity index is 376. The minimum Gasteiger partial charge on any atom is -1.00 e. The van der Waals surface area contributed by atoms with Gasteiger partial charge in [-0.3, -0.25) is 0 Å². The zero-order chi connectivity index (χ0) is 12.0. The zero-order valence-electron chi connectivity index (χ0n) is 12.0. The molecule has 2 aromatic rings. The van der Waals surface area contributed by atoms with Crippen molar-refractivity contribution in [2.45, 2.75) is 40.5 Å². The van der Waals surface area contributed by atoms with Crippen LogP contribution >= 0.6 is 0 Å². The molecule has 0 bridgehead atoms. The first-order valence-corrected chi connectivity index (χ1v) is 6.11. The number of aryl methyl sites for hydroxylation is 4. The standard InChI is InChI=1S/2C8H11.2ClH.Cr/c2*1-3-8-6-4-5-7(8)2;;;/h2*4-6H,3H2,1-2H3;2*1H;/q2*-1;;;+4/p-2. The van der Waals surface area contributed by atoms with Gasteiger partial charge >= 0.3 is 17.4 Å². The van der Waals surface area contributed by atoms with Crippen molar-refractivity contribution in [3.8, 4) is 0 Å². The second-order valence-electron chi connectivity index (χ2n) is 4.18. The van der Waals surface area contributed by atoms with Gasteiger partial charge in [0, 0.05) is 0 Å². The fourth-order valence-electron chi connectivity index (χ4n) is 1.89. The number of hydrogen-bond donors (Lipinski definition) is 0. The molecule has 2 rings (SSSR count). The first kappa shape index (κ1) is 23.9. The molecule has 0 nitrogen and oxygen atoms in total. The van der Waals surface area contributed by atoms with Crippen LogP contribution in [0.4, 0.5) is 0 Å². The maximum atomic E-state index is 2.18. The van der Waals surface area contributed by atoms with Crippen LogP contribution in [0.5, 0.6) is 0 Å². The average molecular weight is 337 g/mol. The molecule has 0 atom stereocenters. The summed E-state index contributed by atoms with van der Waals surface area (Å²) < 4.78 is 0. The molecule has 3 heteroatoms. The largest absolute Gasteiger partial charge is 4.00 e. The van der Waals surface area contributed by atoms with E-state index < -0.39 is 0 Å². The van der Waals surface area contributed by atoms with E-state index in [2.05, 4.69) is 64.1 Å². The summed E-state index contributed by atoms with van der Waals surface area (Å²) in [6.45, 7) is 8.67. The summed E-state index contributed by atoms with van der Waals surface area (Å²) in [6.07, 6.45) is 2.33. The van der Waals surface area contributed by atoms with Crippen molar-refractivity contribution in [3.05, 3.63) is 58.7 Å². The molecule has 0 amide bonds. The minimum atomic E-state index is 0. The number of hydrogen-bond acceptors (Lipinski definition) is 0. The van der Waals surface area contributed by atoms with E-state index >= 15 is 0 Å². The summed E-state index contributed by atoms with van der Waals surface area (Å²) in [5.74, 6) is 0. The summed E-state index contributed by atoms with van der Waals surface area (Å²) in [5.41, 5.74) is 5.80. The van der Waals surface area contributed by atoms with Crippen molar-refractivity contribution in [1.82, 2.24) is 0 Å². The van der Waals surface area contributed by atoms with Crippen molar-refractivity contribution in [3.63, 3.8) is 0 Å². The molecular formula is C16H22Cl2Cr. The van der Waals surface area contributed by atoms with Gasteiger partial charge in [-0.15, -0.1) is 0 Å². The van der Waals surface area contributed by atoms with Gasteiger partial charge in [0.15, 0.2) is 0 Å². The second kappa shape index (κ2) is 12.8. The molecule has 0 aliphatic rings. The van der Waals surface area contributed by atoms with Crippen LogP contribution in [0.25, 0.3) is 0 Å². The van der Waals surface area contributed by atoms with Gasteiger partial charge in [-0.1, -0.05) is 40.5 Å². The summed E-state index contributed by atoms with van der Waals surface area (Å²) in [6, 6.07) is 12.9. The van der Waals surface area contributed by atoms with Crippen LogP contribution in [0.2, 0.25) is 0 Å². The van der Waals surface area contributed by atoms with Crippen molar-refractivity contribution in [2.24, 2.45) is 0 Å². The third kappa shape index (κ3) is 7.85. The monoisotopic (exact) mass is 336 g/mol. The Morgan fingerprint density at radius 1 is 0.789 bits per heavy atom. The molecule has 0 N–H and O–H groups in total. The maximum absolute atomic E-state index is 2.18. The molecule has 0 fully saturated rings. The van der Waals surface area contributed by atoms with E-state index in [1.807, 2.05) is 0 Å².